The van der Waals surface area contributed by atoms with Gasteiger partial charge >= 0.3 is 0 Å². The standard InChI is InChI=1S/C11H24O2S/c1-3-5-6-7-8-9-11-14(12,13)10-4-2/h3-11H2,1-2H3. The molecule has 0 heterocycles. The summed E-state index contributed by atoms with van der Waals surface area (Å²) in [5, 5.41) is 0. The van der Waals surface area contributed by atoms with E-state index in [1.54, 1.807) is 0 Å². The van der Waals surface area contributed by atoms with E-state index < -0.39 is 9.84 Å². The second kappa shape index (κ2) is 8.27. The molecule has 0 spiro atoms. The molecule has 0 aromatic carbocycles. The van der Waals surface area contributed by atoms with Crippen LogP contribution in [-0.2, 0) is 9.84 Å². The maximum Gasteiger partial charge on any atom is 0.150 e. The quantitative estimate of drug-likeness (QED) is 0.559. The van der Waals surface area contributed by atoms with Crippen molar-refractivity contribution in [2.45, 2.75) is 58.8 Å². The Kier molecular flexibility index (Phi) is 8.24. The van der Waals surface area contributed by atoms with Crippen molar-refractivity contribution < 1.29 is 8.42 Å². The van der Waals surface area contributed by atoms with Crippen LogP contribution in [0.5, 0.6) is 0 Å². The first-order valence-corrected chi connectivity index (χ1v) is 7.65. The van der Waals surface area contributed by atoms with Crippen LogP contribution in [-0.4, -0.2) is 19.9 Å². The molecule has 0 fully saturated rings. The number of hydrogen-bond donors (Lipinski definition) is 0. The van der Waals surface area contributed by atoms with E-state index in [0.717, 1.165) is 19.3 Å². The Bertz CT molecular complexity index is 207. The Morgan fingerprint density at radius 1 is 0.714 bits per heavy atom. The molecule has 0 aliphatic heterocycles. The highest BCUT2D eigenvalue weighted by Gasteiger charge is 2.07. The molecule has 0 aromatic rings. The minimum Gasteiger partial charge on any atom is -0.229 e. The van der Waals surface area contributed by atoms with Crippen molar-refractivity contribution in [3.63, 3.8) is 0 Å². The van der Waals surface area contributed by atoms with Crippen molar-refractivity contribution in [2.75, 3.05) is 11.5 Å². The zero-order chi connectivity index (χ0) is 10.9. The van der Waals surface area contributed by atoms with Gasteiger partial charge in [0.15, 0.2) is 0 Å². The lowest BCUT2D eigenvalue weighted by Crippen LogP contribution is -2.10. The Hall–Kier alpha value is -0.0500. The van der Waals surface area contributed by atoms with Crippen molar-refractivity contribution >= 4 is 9.84 Å². The van der Waals surface area contributed by atoms with Crippen LogP contribution in [0, 0.1) is 0 Å². The highest BCUT2D eigenvalue weighted by molar-refractivity contribution is 7.91. The van der Waals surface area contributed by atoms with Crippen molar-refractivity contribution in [2.24, 2.45) is 0 Å². The van der Waals surface area contributed by atoms with E-state index in [2.05, 4.69) is 6.92 Å². The number of rotatable bonds is 9. The monoisotopic (exact) mass is 220 g/mol. The fraction of sp³-hybridized carbons (Fsp3) is 1.00. The van der Waals surface area contributed by atoms with Crippen LogP contribution < -0.4 is 0 Å². The van der Waals surface area contributed by atoms with Crippen LogP contribution in [0.4, 0.5) is 0 Å². The predicted molar refractivity (Wildman–Crippen MR) is 62.3 cm³/mol. The maximum absolute atomic E-state index is 11.3. The summed E-state index contributed by atoms with van der Waals surface area (Å²) < 4.78 is 22.6. The Balaban J connectivity index is 3.35. The average Bonchev–Trinajstić information content (AvgIpc) is 2.11. The van der Waals surface area contributed by atoms with Gasteiger partial charge in [0.05, 0.1) is 5.75 Å². The molecule has 3 heteroatoms. The summed E-state index contributed by atoms with van der Waals surface area (Å²) in [7, 11) is -2.72. The lowest BCUT2D eigenvalue weighted by Gasteiger charge is -2.02. The van der Waals surface area contributed by atoms with Crippen molar-refractivity contribution in [1.82, 2.24) is 0 Å². The lowest BCUT2D eigenvalue weighted by atomic mass is 10.1. The molecule has 0 aliphatic rings. The first-order valence-electron chi connectivity index (χ1n) is 5.82. The molecule has 0 radical (unpaired) electrons. The summed E-state index contributed by atoms with van der Waals surface area (Å²) in [5.41, 5.74) is 0. The van der Waals surface area contributed by atoms with Gasteiger partial charge in [0, 0.05) is 5.75 Å². The molecule has 86 valence electrons. The predicted octanol–water partition coefficient (Wildman–Crippen LogP) is 3.17. The Morgan fingerprint density at radius 3 is 1.86 bits per heavy atom. The minimum atomic E-state index is -2.72. The minimum absolute atomic E-state index is 0.363. The van der Waals surface area contributed by atoms with Gasteiger partial charge in [0.25, 0.3) is 0 Å². The molecule has 0 aromatic heterocycles. The normalized spacial score (nSPS) is 11.9. The van der Waals surface area contributed by atoms with Crippen molar-refractivity contribution in [3.05, 3.63) is 0 Å². The van der Waals surface area contributed by atoms with Gasteiger partial charge < -0.3 is 0 Å². The van der Waals surface area contributed by atoms with Crippen LogP contribution in [0.25, 0.3) is 0 Å². The number of unbranched alkanes of at least 4 members (excludes halogenated alkanes) is 5. The van der Waals surface area contributed by atoms with E-state index in [0.29, 0.717) is 11.5 Å². The summed E-state index contributed by atoms with van der Waals surface area (Å²) in [6.45, 7) is 4.10. The molecular weight excluding hydrogens is 196 g/mol. The molecule has 0 saturated heterocycles. The van der Waals surface area contributed by atoms with Crippen LogP contribution in [0.3, 0.4) is 0 Å². The second-order valence-corrected chi connectivity index (χ2v) is 6.22. The van der Waals surface area contributed by atoms with Crippen LogP contribution in [0.2, 0.25) is 0 Å². The summed E-state index contributed by atoms with van der Waals surface area (Å²) in [4.78, 5) is 0. The number of hydrogen-bond acceptors (Lipinski definition) is 2. The second-order valence-electron chi connectivity index (χ2n) is 3.92. The zero-order valence-corrected chi connectivity index (χ0v) is 10.4. The van der Waals surface area contributed by atoms with Gasteiger partial charge in [-0.15, -0.1) is 0 Å². The highest BCUT2D eigenvalue weighted by atomic mass is 32.2. The SMILES string of the molecule is CCCCCCCCS(=O)(=O)CCC. The third-order valence-corrected chi connectivity index (χ3v) is 4.26. The van der Waals surface area contributed by atoms with Gasteiger partial charge in [-0.1, -0.05) is 46.0 Å². The van der Waals surface area contributed by atoms with Gasteiger partial charge in [-0.25, -0.2) is 8.42 Å². The summed E-state index contributed by atoms with van der Waals surface area (Å²) >= 11 is 0. The Morgan fingerprint density at radius 2 is 1.29 bits per heavy atom. The smallest absolute Gasteiger partial charge is 0.150 e. The molecule has 0 aliphatic carbocycles. The van der Waals surface area contributed by atoms with E-state index in [1.807, 2.05) is 6.92 Å². The Labute approximate surface area is 89.0 Å². The molecule has 0 N–H and O–H groups in total. The fourth-order valence-electron chi connectivity index (χ4n) is 1.52. The average molecular weight is 220 g/mol. The first-order chi connectivity index (χ1) is 6.62. The molecule has 0 saturated carbocycles. The summed E-state index contributed by atoms with van der Waals surface area (Å²) in [6, 6.07) is 0. The molecule has 0 unspecified atom stereocenters. The van der Waals surface area contributed by atoms with E-state index >= 15 is 0 Å². The molecule has 0 amide bonds. The molecular formula is C11H24O2S. The lowest BCUT2D eigenvalue weighted by molar-refractivity contribution is 0.582. The van der Waals surface area contributed by atoms with Gasteiger partial charge in [-0.3, -0.25) is 0 Å². The van der Waals surface area contributed by atoms with E-state index in [-0.39, 0.29) is 0 Å². The van der Waals surface area contributed by atoms with Crippen LogP contribution >= 0.6 is 0 Å². The fourth-order valence-corrected chi connectivity index (χ4v) is 2.99. The van der Waals surface area contributed by atoms with Crippen molar-refractivity contribution in [1.29, 1.82) is 0 Å². The molecule has 0 rings (SSSR count). The molecule has 14 heavy (non-hydrogen) atoms. The van der Waals surface area contributed by atoms with Gasteiger partial charge in [0.1, 0.15) is 9.84 Å². The van der Waals surface area contributed by atoms with Gasteiger partial charge in [-0.2, -0.15) is 0 Å². The summed E-state index contributed by atoms with van der Waals surface area (Å²) in [5.74, 6) is 0.759. The molecule has 0 bridgehead atoms. The molecule has 2 nitrogen and oxygen atoms in total. The van der Waals surface area contributed by atoms with E-state index in [1.165, 1.54) is 25.7 Å². The van der Waals surface area contributed by atoms with E-state index in [9.17, 15) is 8.42 Å². The zero-order valence-electron chi connectivity index (χ0n) is 9.59. The number of sulfone groups is 1. The largest absolute Gasteiger partial charge is 0.229 e. The maximum atomic E-state index is 11.3. The highest BCUT2D eigenvalue weighted by Crippen LogP contribution is 2.07. The van der Waals surface area contributed by atoms with Crippen molar-refractivity contribution in [3.8, 4) is 0 Å². The molecule has 0 atom stereocenters. The topological polar surface area (TPSA) is 34.1 Å². The van der Waals surface area contributed by atoms with Gasteiger partial charge in [-0.05, 0) is 12.8 Å². The van der Waals surface area contributed by atoms with Gasteiger partial charge in [0.2, 0.25) is 0 Å². The van der Waals surface area contributed by atoms with E-state index in [4.69, 9.17) is 0 Å². The first kappa shape index (κ1) is 13.9. The summed E-state index contributed by atoms with van der Waals surface area (Å²) in [6.07, 6.45) is 7.64. The van der Waals surface area contributed by atoms with Crippen LogP contribution in [0.1, 0.15) is 58.8 Å². The third-order valence-electron chi connectivity index (χ3n) is 2.32. The van der Waals surface area contributed by atoms with Crippen LogP contribution in [0.15, 0.2) is 0 Å². The third kappa shape index (κ3) is 8.54.